The number of carbonyl (C=O) groups excluding carboxylic acids is 1. The van der Waals surface area contributed by atoms with Crippen LogP contribution < -0.4 is 5.73 Å². The van der Waals surface area contributed by atoms with E-state index in [0.717, 1.165) is 0 Å². The third-order valence-electron chi connectivity index (χ3n) is 3.84. The maximum absolute atomic E-state index is 12.4. The molecule has 1 aromatic carbocycles. The topological polar surface area (TPSA) is 46.3 Å². The lowest BCUT2D eigenvalue weighted by Crippen LogP contribution is -2.38. The number of nitrogens with zero attached hydrogens (tertiary/aromatic N) is 1. The SMILES string of the molecule is Cc1ccccc1-c1ccc(CN(C(=O)CC(C)N)C(C)C)s1.Cl. The first-order chi connectivity index (χ1) is 10.9. The molecule has 2 aromatic rings. The molecular weight excluding hydrogens is 340 g/mol. The van der Waals surface area contributed by atoms with Crippen molar-refractivity contribution in [3.63, 3.8) is 0 Å². The Morgan fingerprint density at radius 2 is 1.83 bits per heavy atom. The minimum atomic E-state index is -0.102. The Labute approximate surface area is 155 Å². The Hall–Kier alpha value is -1.36. The van der Waals surface area contributed by atoms with Crippen molar-refractivity contribution < 1.29 is 4.79 Å². The van der Waals surface area contributed by atoms with Gasteiger partial charge in [-0.05, 0) is 51.0 Å². The van der Waals surface area contributed by atoms with E-state index in [1.54, 1.807) is 11.3 Å². The quantitative estimate of drug-likeness (QED) is 0.810. The van der Waals surface area contributed by atoms with Crippen LogP contribution in [-0.2, 0) is 11.3 Å². The van der Waals surface area contributed by atoms with Crippen molar-refractivity contribution in [2.24, 2.45) is 5.73 Å². The van der Waals surface area contributed by atoms with Gasteiger partial charge in [-0.2, -0.15) is 0 Å². The average Bonchev–Trinajstić information content (AvgIpc) is 2.92. The summed E-state index contributed by atoms with van der Waals surface area (Å²) in [6.45, 7) is 8.75. The Kier molecular flexibility index (Phi) is 7.94. The molecule has 0 bridgehead atoms. The summed E-state index contributed by atoms with van der Waals surface area (Å²) in [5.74, 6) is 0.126. The molecule has 5 heteroatoms. The van der Waals surface area contributed by atoms with Crippen molar-refractivity contribution in [1.82, 2.24) is 4.90 Å². The number of halogens is 1. The third-order valence-corrected chi connectivity index (χ3v) is 4.94. The van der Waals surface area contributed by atoms with Crippen molar-refractivity contribution in [3.05, 3.63) is 46.8 Å². The number of nitrogens with two attached hydrogens (primary N) is 1. The number of hydrogen-bond acceptors (Lipinski definition) is 3. The fourth-order valence-electron chi connectivity index (χ4n) is 2.58. The molecule has 1 heterocycles. The van der Waals surface area contributed by atoms with Crippen LogP contribution >= 0.6 is 23.7 Å². The normalized spacial score (nSPS) is 11.9. The molecule has 0 spiro atoms. The zero-order valence-electron chi connectivity index (χ0n) is 14.8. The van der Waals surface area contributed by atoms with Crippen LogP contribution in [0.25, 0.3) is 10.4 Å². The summed E-state index contributed by atoms with van der Waals surface area (Å²) in [4.78, 5) is 16.7. The minimum absolute atomic E-state index is 0. The zero-order chi connectivity index (χ0) is 17.0. The highest BCUT2D eigenvalue weighted by Crippen LogP contribution is 2.31. The van der Waals surface area contributed by atoms with Gasteiger partial charge in [-0.3, -0.25) is 4.79 Å². The van der Waals surface area contributed by atoms with Gasteiger partial charge in [0.05, 0.1) is 6.54 Å². The fourth-order valence-corrected chi connectivity index (χ4v) is 3.67. The van der Waals surface area contributed by atoms with Gasteiger partial charge in [0.2, 0.25) is 5.91 Å². The summed E-state index contributed by atoms with van der Waals surface area (Å²) in [6, 6.07) is 12.7. The number of thiophene rings is 1. The standard InChI is InChI=1S/C19H26N2OS.ClH/c1-13(2)21(19(22)11-15(4)20)12-16-9-10-18(23-16)17-8-6-5-7-14(17)3;/h5-10,13,15H,11-12,20H2,1-4H3;1H. The van der Waals surface area contributed by atoms with Crippen LogP contribution in [0.15, 0.2) is 36.4 Å². The zero-order valence-corrected chi connectivity index (χ0v) is 16.4. The molecule has 0 aliphatic heterocycles. The number of rotatable bonds is 6. The highest BCUT2D eigenvalue weighted by atomic mass is 35.5. The Balaban J connectivity index is 0.00000288. The lowest BCUT2D eigenvalue weighted by molar-refractivity contribution is -0.133. The lowest BCUT2D eigenvalue weighted by Gasteiger charge is -2.27. The van der Waals surface area contributed by atoms with Gasteiger partial charge >= 0.3 is 0 Å². The molecule has 1 unspecified atom stereocenters. The molecule has 1 amide bonds. The highest BCUT2D eigenvalue weighted by molar-refractivity contribution is 7.15. The molecule has 2 rings (SSSR count). The van der Waals surface area contributed by atoms with Crippen molar-refractivity contribution in [1.29, 1.82) is 0 Å². The van der Waals surface area contributed by atoms with Crippen LogP contribution in [-0.4, -0.2) is 22.9 Å². The number of aryl methyl sites for hydroxylation is 1. The molecule has 1 aromatic heterocycles. The van der Waals surface area contributed by atoms with Crippen LogP contribution in [0, 0.1) is 6.92 Å². The van der Waals surface area contributed by atoms with E-state index in [1.807, 2.05) is 11.8 Å². The molecule has 2 N–H and O–H groups in total. The smallest absolute Gasteiger partial charge is 0.224 e. The maximum Gasteiger partial charge on any atom is 0.224 e. The first-order valence-corrected chi connectivity index (χ1v) is 8.90. The molecular formula is C19H27ClN2OS. The van der Waals surface area contributed by atoms with E-state index in [4.69, 9.17) is 5.73 Å². The van der Waals surface area contributed by atoms with Gasteiger partial charge in [-0.25, -0.2) is 0 Å². The van der Waals surface area contributed by atoms with E-state index >= 15 is 0 Å². The highest BCUT2D eigenvalue weighted by Gasteiger charge is 2.19. The van der Waals surface area contributed by atoms with E-state index in [2.05, 4.69) is 57.2 Å². The summed E-state index contributed by atoms with van der Waals surface area (Å²) < 4.78 is 0. The Bertz CT molecular complexity index is 667. The first kappa shape index (κ1) is 20.7. The number of benzene rings is 1. The van der Waals surface area contributed by atoms with E-state index in [9.17, 15) is 4.79 Å². The first-order valence-electron chi connectivity index (χ1n) is 8.08. The molecule has 0 saturated heterocycles. The van der Waals surface area contributed by atoms with E-state index in [-0.39, 0.29) is 30.4 Å². The second-order valence-corrected chi connectivity index (χ2v) is 7.55. The van der Waals surface area contributed by atoms with Crippen LogP contribution in [0.5, 0.6) is 0 Å². The number of amides is 1. The molecule has 3 nitrogen and oxygen atoms in total. The van der Waals surface area contributed by atoms with Crippen LogP contribution in [0.3, 0.4) is 0 Å². The van der Waals surface area contributed by atoms with Crippen molar-refractivity contribution in [3.8, 4) is 10.4 Å². The second kappa shape index (κ2) is 9.21. The van der Waals surface area contributed by atoms with Crippen LogP contribution in [0.1, 0.15) is 37.6 Å². The molecule has 0 saturated carbocycles. The summed E-state index contributed by atoms with van der Waals surface area (Å²) in [6.07, 6.45) is 0.397. The van der Waals surface area contributed by atoms with Crippen LogP contribution in [0.2, 0.25) is 0 Å². The van der Waals surface area contributed by atoms with Crippen molar-refractivity contribution in [2.45, 2.75) is 52.7 Å². The van der Waals surface area contributed by atoms with E-state index in [0.29, 0.717) is 13.0 Å². The minimum Gasteiger partial charge on any atom is -0.335 e. The van der Waals surface area contributed by atoms with Gasteiger partial charge in [0.1, 0.15) is 0 Å². The van der Waals surface area contributed by atoms with Gasteiger partial charge in [0, 0.05) is 28.3 Å². The molecule has 0 aliphatic rings. The average molecular weight is 367 g/mol. The van der Waals surface area contributed by atoms with Crippen molar-refractivity contribution in [2.75, 3.05) is 0 Å². The molecule has 0 aliphatic carbocycles. The summed E-state index contributed by atoms with van der Waals surface area (Å²) in [7, 11) is 0. The number of carbonyl (C=O) groups is 1. The number of hydrogen-bond donors (Lipinski definition) is 1. The molecule has 0 radical (unpaired) electrons. The fraction of sp³-hybridized carbons (Fsp3) is 0.421. The predicted octanol–water partition coefficient (Wildman–Crippen LogP) is 4.62. The van der Waals surface area contributed by atoms with E-state index < -0.39 is 0 Å². The van der Waals surface area contributed by atoms with E-state index in [1.165, 1.54) is 20.9 Å². The van der Waals surface area contributed by atoms with Gasteiger partial charge in [-0.15, -0.1) is 23.7 Å². The third kappa shape index (κ3) is 5.33. The monoisotopic (exact) mass is 366 g/mol. The Morgan fingerprint density at radius 3 is 2.42 bits per heavy atom. The Morgan fingerprint density at radius 1 is 1.17 bits per heavy atom. The molecule has 24 heavy (non-hydrogen) atoms. The largest absolute Gasteiger partial charge is 0.335 e. The summed E-state index contributed by atoms with van der Waals surface area (Å²) in [5.41, 5.74) is 8.31. The second-order valence-electron chi connectivity index (χ2n) is 6.38. The molecule has 0 fully saturated rings. The maximum atomic E-state index is 12.4. The van der Waals surface area contributed by atoms with Crippen LogP contribution in [0.4, 0.5) is 0 Å². The van der Waals surface area contributed by atoms with Gasteiger partial charge in [0.25, 0.3) is 0 Å². The predicted molar refractivity (Wildman–Crippen MR) is 106 cm³/mol. The summed E-state index contributed by atoms with van der Waals surface area (Å²) in [5, 5.41) is 0. The summed E-state index contributed by atoms with van der Waals surface area (Å²) >= 11 is 1.76. The molecule has 132 valence electrons. The van der Waals surface area contributed by atoms with Gasteiger partial charge in [-0.1, -0.05) is 24.3 Å². The van der Waals surface area contributed by atoms with Gasteiger partial charge in [0.15, 0.2) is 0 Å². The lowest BCUT2D eigenvalue weighted by atomic mass is 10.1. The molecule has 1 atom stereocenters. The van der Waals surface area contributed by atoms with Gasteiger partial charge < -0.3 is 10.6 Å². The van der Waals surface area contributed by atoms with Crippen molar-refractivity contribution >= 4 is 29.7 Å².